The fourth-order valence-electron chi connectivity index (χ4n) is 3.89. The van der Waals surface area contributed by atoms with Gasteiger partial charge in [-0.25, -0.2) is 4.39 Å². The number of nitrogens with one attached hydrogen (secondary N) is 1. The second-order valence-electron chi connectivity index (χ2n) is 8.61. The maximum atomic E-state index is 13.9. The molecule has 3 aromatic rings. The molecule has 1 amide bonds. The number of pyridine rings is 1. The van der Waals surface area contributed by atoms with Crippen LogP contribution in [0.25, 0.3) is 6.08 Å². The van der Waals surface area contributed by atoms with Crippen LogP contribution < -0.4 is 5.32 Å². The largest absolute Gasteiger partial charge is 0.399 e. The van der Waals surface area contributed by atoms with Crippen LogP contribution in [0.1, 0.15) is 62.3 Å². The molecule has 0 saturated heterocycles. The smallest absolute Gasteiger partial charge is 0.348 e. The van der Waals surface area contributed by atoms with E-state index < -0.39 is 17.9 Å². The van der Waals surface area contributed by atoms with Crippen LogP contribution in [-0.4, -0.2) is 17.1 Å². The van der Waals surface area contributed by atoms with E-state index in [0.717, 1.165) is 22.9 Å². The number of hydrogen-bond donors (Lipinski definition) is 1. The molecule has 1 aromatic heterocycles. The van der Waals surface area contributed by atoms with Crippen LogP contribution in [0.15, 0.2) is 54.7 Å². The zero-order chi connectivity index (χ0) is 25.8. The lowest BCUT2D eigenvalue weighted by Crippen LogP contribution is -2.24. The molecule has 0 spiro atoms. The number of hydrogen-bond acceptors (Lipinski definition) is 2. The average molecular weight is 485 g/mol. The molecular formula is C28H28F4N2O. The normalized spacial score (nSPS) is 12.7. The van der Waals surface area contributed by atoms with Crippen LogP contribution in [0.5, 0.6) is 0 Å². The SMILES string of the molecule is CCc1cc(/C=C/C(c2cc(C)c(F)c(C)c2)C(F)(F)F)ccc1C(=O)NCc1ccc(C)nc1. The van der Waals surface area contributed by atoms with E-state index in [1.54, 1.807) is 24.4 Å². The molecule has 1 unspecified atom stereocenters. The highest BCUT2D eigenvalue weighted by molar-refractivity contribution is 5.96. The van der Waals surface area contributed by atoms with Crippen molar-refractivity contribution in [3.8, 4) is 0 Å². The van der Waals surface area contributed by atoms with Crippen LogP contribution in [0, 0.1) is 26.6 Å². The van der Waals surface area contributed by atoms with Crippen LogP contribution >= 0.6 is 0 Å². The number of halogens is 4. The third-order valence-electron chi connectivity index (χ3n) is 5.83. The molecule has 0 aliphatic carbocycles. The summed E-state index contributed by atoms with van der Waals surface area (Å²) in [5.74, 6) is -2.64. The summed E-state index contributed by atoms with van der Waals surface area (Å²) in [5, 5.41) is 2.86. The monoisotopic (exact) mass is 484 g/mol. The summed E-state index contributed by atoms with van der Waals surface area (Å²) in [5.41, 5.74) is 3.83. The van der Waals surface area contributed by atoms with Gasteiger partial charge in [0.05, 0.1) is 5.92 Å². The molecule has 0 fully saturated rings. The molecule has 0 aliphatic heterocycles. The number of alkyl halides is 3. The van der Waals surface area contributed by atoms with Gasteiger partial charge < -0.3 is 5.32 Å². The van der Waals surface area contributed by atoms with Gasteiger partial charge >= 0.3 is 6.18 Å². The third-order valence-corrected chi connectivity index (χ3v) is 5.83. The summed E-state index contributed by atoms with van der Waals surface area (Å²) in [7, 11) is 0. The van der Waals surface area contributed by atoms with Gasteiger partial charge in [0.25, 0.3) is 5.91 Å². The molecule has 2 aromatic carbocycles. The Kier molecular flexibility index (Phi) is 8.10. The number of aromatic nitrogens is 1. The zero-order valence-corrected chi connectivity index (χ0v) is 20.1. The van der Waals surface area contributed by atoms with E-state index in [2.05, 4.69) is 10.3 Å². The van der Waals surface area contributed by atoms with Gasteiger partial charge in [0.15, 0.2) is 0 Å². The predicted octanol–water partition coefficient (Wildman–Crippen LogP) is 7.00. The van der Waals surface area contributed by atoms with Crippen molar-refractivity contribution in [2.24, 2.45) is 0 Å². The zero-order valence-electron chi connectivity index (χ0n) is 20.1. The second-order valence-corrected chi connectivity index (χ2v) is 8.61. The predicted molar refractivity (Wildman–Crippen MR) is 130 cm³/mol. The molecule has 1 atom stereocenters. The first-order chi connectivity index (χ1) is 16.5. The highest BCUT2D eigenvalue weighted by Gasteiger charge is 2.39. The van der Waals surface area contributed by atoms with E-state index in [-0.39, 0.29) is 22.6 Å². The fourth-order valence-corrected chi connectivity index (χ4v) is 3.89. The lowest BCUT2D eigenvalue weighted by molar-refractivity contribution is -0.139. The van der Waals surface area contributed by atoms with Gasteiger partial charge in [-0.15, -0.1) is 0 Å². The number of aryl methyl sites for hydroxylation is 4. The van der Waals surface area contributed by atoms with E-state index >= 15 is 0 Å². The second kappa shape index (κ2) is 10.8. The van der Waals surface area contributed by atoms with Crippen molar-refractivity contribution in [3.05, 3.63) is 105 Å². The molecule has 0 saturated carbocycles. The quantitative estimate of drug-likeness (QED) is 0.367. The van der Waals surface area contributed by atoms with Crippen LogP contribution in [0.3, 0.4) is 0 Å². The van der Waals surface area contributed by atoms with Gasteiger partial charge in [0.2, 0.25) is 0 Å². The molecule has 0 radical (unpaired) electrons. The van der Waals surface area contributed by atoms with Crippen molar-refractivity contribution in [3.63, 3.8) is 0 Å². The summed E-state index contributed by atoms with van der Waals surface area (Å²) in [6, 6.07) is 11.2. The Morgan fingerprint density at radius 3 is 2.31 bits per heavy atom. The van der Waals surface area contributed by atoms with Crippen molar-refractivity contribution < 1.29 is 22.4 Å². The number of rotatable bonds is 7. The first kappa shape index (κ1) is 26.1. The minimum Gasteiger partial charge on any atom is -0.348 e. The summed E-state index contributed by atoms with van der Waals surface area (Å²) in [6.45, 7) is 6.99. The first-order valence-electron chi connectivity index (χ1n) is 11.3. The molecule has 1 heterocycles. The van der Waals surface area contributed by atoms with Crippen LogP contribution in [0.2, 0.25) is 0 Å². The Balaban J connectivity index is 1.82. The Morgan fingerprint density at radius 2 is 1.74 bits per heavy atom. The summed E-state index contributed by atoms with van der Waals surface area (Å²) in [6.07, 6.45) is 0.169. The minimum atomic E-state index is -4.54. The molecule has 0 bridgehead atoms. The van der Waals surface area contributed by atoms with Gasteiger partial charge in [-0.2, -0.15) is 13.2 Å². The lowest BCUT2D eigenvalue weighted by Gasteiger charge is -2.19. The topological polar surface area (TPSA) is 42.0 Å². The molecule has 3 nitrogen and oxygen atoms in total. The van der Waals surface area contributed by atoms with Crippen molar-refractivity contribution in [1.29, 1.82) is 0 Å². The van der Waals surface area contributed by atoms with Crippen molar-refractivity contribution >= 4 is 12.0 Å². The van der Waals surface area contributed by atoms with Gasteiger partial charge in [-0.05, 0) is 72.7 Å². The third kappa shape index (κ3) is 6.56. The van der Waals surface area contributed by atoms with Crippen molar-refractivity contribution in [2.45, 2.75) is 52.8 Å². The van der Waals surface area contributed by atoms with E-state index in [9.17, 15) is 22.4 Å². The minimum absolute atomic E-state index is 0.0116. The van der Waals surface area contributed by atoms with E-state index in [1.165, 1.54) is 32.1 Å². The fraction of sp³-hybridized carbons (Fsp3) is 0.286. The van der Waals surface area contributed by atoms with E-state index in [0.29, 0.717) is 24.1 Å². The number of nitrogens with zero attached hydrogens (tertiary/aromatic N) is 1. The summed E-state index contributed by atoms with van der Waals surface area (Å²) < 4.78 is 55.4. The molecule has 0 aliphatic rings. The van der Waals surface area contributed by atoms with E-state index in [4.69, 9.17) is 0 Å². The molecular weight excluding hydrogens is 456 g/mol. The van der Waals surface area contributed by atoms with Crippen molar-refractivity contribution in [1.82, 2.24) is 10.3 Å². The first-order valence-corrected chi connectivity index (χ1v) is 11.3. The average Bonchev–Trinajstić information content (AvgIpc) is 2.81. The maximum Gasteiger partial charge on any atom is 0.399 e. The van der Waals surface area contributed by atoms with Gasteiger partial charge in [-0.1, -0.05) is 49.4 Å². The molecule has 35 heavy (non-hydrogen) atoms. The molecule has 7 heteroatoms. The maximum absolute atomic E-state index is 13.9. The van der Waals surface area contributed by atoms with Crippen LogP contribution in [-0.2, 0) is 13.0 Å². The van der Waals surface area contributed by atoms with Crippen LogP contribution in [0.4, 0.5) is 17.6 Å². The van der Waals surface area contributed by atoms with Gasteiger partial charge in [0, 0.05) is 24.0 Å². The van der Waals surface area contributed by atoms with Crippen molar-refractivity contribution in [2.75, 3.05) is 0 Å². The Labute approximate surface area is 202 Å². The molecule has 1 N–H and O–H groups in total. The number of carbonyl (C=O) groups is 1. The summed E-state index contributed by atoms with van der Waals surface area (Å²) in [4.78, 5) is 16.9. The van der Waals surface area contributed by atoms with E-state index in [1.807, 2.05) is 26.0 Å². The highest BCUT2D eigenvalue weighted by atomic mass is 19.4. The Hall–Kier alpha value is -3.48. The number of carbonyl (C=O) groups excluding carboxylic acids is 1. The Bertz CT molecular complexity index is 1210. The molecule has 3 rings (SSSR count). The highest BCUT2D eigenvalue weighted by Crippen LogP contribution is 2.37. The number of amides is 1. The molecule has 184 valence electrons. The standard InChI is InChI=1S/C28H28F4N2O/c1-5-22-14-20(8-10-24(22)27(35)34-16-21-7-6-19(4)33-15-21)9-11-25(28(30,31)32)23-12-17(2)26(29)18(3)13-23/h6-15,25H,5,16H2,1-4H3,(H,34,35)/b11-9+. The van der Waals surface area contributed by atoms with Gasteiger partial charge in [-0.3, -0.25) is 9.78 Å². The Morgan fingerprint density at radius 1 is 1.06 bits per heavy atom. The lowest BCUT2D eigenvalue weighted by atomic mass is 9.93. The number of allylic oxidation sites excluding steroid dienone is 1. The van der Waals surface area contributed by atoms with Gasteiger partial charge in [0.1, 0.15) is 5.82 Å². The number of benzene rings is 2. The summed E-state index contributed by atoms with van der Waals surface area (Å²) >= 11 is 0.